The molecule has 0 radical (unpaired) electrons. The van der Waals surface area contributed by atoms with Crippen LogP contribution in [0.3, 0.4) is 0 Å². The van der Waals surface area contributed by atoms with Gasteiger partial charge in [-0.3, -0.25) is 0 Å². The van der Waals surface area contributed by atoms with Crippen molar-refractivity contribution >= 4 is 17.1 Å². The predicted octanol–water partition coefficient (Wildman–Crippen LogP) is 5.94. The number of aromatic hydroxyl groups is 1. The normalized spacial score (nSPS) is 12.0. The maximum absolute atomic E-state index is 10.6. The molecular weight excluding hydrogens is 360 g/mol. The first-order chi connectivity index (χ1) is 14.1. The maximum Gasteiger partial charge on any atom is 0.327 e. The van der Waals surface area contributed by atoms with E-state index in [0.29, 0.717) is 6.42 Å². The topological polar surface area (TPSA) is 57.5 Å². The number of phenols is 1. The molecule has 0 aliphatic heterocycles. The Morgan fingerprint density at radius 1 is 0.828 bits per heavy atom. The molecule has 0 saturated heterocycles. The second kappa shape index (κ2) is 9.56. The zero-order chi connectivity index (χ0) is 20.6. The van der Waals surface area contributed by atoms with E-state index in [1.54, 1.807) is 18.2 Å². The van der Waals surface area contributed by atoms with Crippen molar-refractivity contribution in [1.29, 1.82) is 0 Å². The van der Waals surface area contributed by atoms with Gasteiger partial charge in [0, 0.05) is 6.08 Å². The number of allylic oxidation sites excluding steroid dienone is 2. The highest BCUT2D eigenvalue weighted by molar-refractivity contribution is 5.98. The van der Waals surface area contributed by atoms with Crippen LogP contribution in [0.4, 0.5) is 0 Å². The minimum atomic E-state index is -0.936. The third-order valence-electron chi connectivity index (χ3n) is 4.79. The molecule has 3 rings (SSSR count). The minimum Gasteiger partial charge on any atom is -0.508 e. The molecule has 0 saturated carbocycles. The van der Waals surface area contributed by atoms with E-state index in [2.05, 4.69) is 31.2 Å². The Balaban J connectivity index is 2.07. The van der Waals surface area contributed by atoms with Crippen molar-refractivity contribution in [3.8, 4) is 5.75 Å². The summed E-state index contributed by atoms with van der Waals surface area (Å²) in [6.45, 7) is 2.15. The van der Waals surface area contributed by atoms with Crippen molar-refractivity contribution in [2.75, 3.05) is 0 Å². The summed E-state index contributed by atoms with van der Waals surface area (Å²) >= 11 is 0. The standard InChI is InChI=1S/C26H24O3/c1-2-24(20-8-4-3-5-9-20)26(22-15-17-23(27)18-16-22)21-13-11-19(12-14-21)7-6-10-25(28)29/h3-6,8-18,27H,2,7H2,1H3,(H,28,29)/b10-6+,26-24+. The number of aliphatic carboxylic acids is 1. The van der Waals surface area contributed by atoms with Gasteiger partial charge < -0.3 is 10.2 Å². The number of carboxylic acid groups (broad SMARTS) is 1. The molecule has 0 aliphatic rings. The number of carboxylic acids is 1. The zero-order valence-corrected chi connectivity index (χ0v) is 16.4. The summed E-state index contributed by atoms with van der Waals surface area (Å²) in [6, 6.07) is 25.8. The van der Waals surface area contributed by atoms with E-state index in [4.69, 9.17) is 5.11 Å². The highest BCUT2D eigenvalue weighted by Crippen LogP contribution is 2.35. The Morgan fingerprint density at radius 2 is 1.41 bits per heavy atom. The van der Waals surface area contributed by atoms with Crippen LogP contribution in [0.1, 0.15) is 35.6 Å². The van der Waals surface area contributed by atoms with E-state index in [9.17, 15) is 9.90 Å². The van der Waals surface area contributed by atoms with Crippen LogP contribution in [0.25, 0.3) is 11.1 Å². The van der Waals surface area contributed by atoms with Gasteiger partial charge in [-0.1, -0.05) is 79.7 Å². The molecule has 3 nitrogen and oxygen atoms in total. The quantitative estimate of drug-likeness (QED) is 0.391. The zero-order valence-electron chi connectivity index (χ0n) is 16.4. The van der Waals surface area contributed by atoms with Crippen molar-refractivity contribution in [2.24, 2.45) is 0 Å². The van der Waals surface area contributed by atoms with Gasteiger partial charge >= 0.3 is 5.97 Å². The lowest BCUT2D eigenvalue weighted by atomic mass is 9.88. The summed E-state index contributed by atoms with van der Waals surface area (Å²) in [6.07, 6.45) is 4.25. The first kappa shape index (κ1) is 20.2. The molecule has 2 N–H and O–H groups in total. The van der Waals surface area contributed by atoms with Gasteiger partial charge in [0.15, 0.2) is 0 Å². The van der Waals surface area contributed by atoms with Crippen LogP contribution in [0.2, 0.25) is 0 Å². The van der Waals surface area contributed by atoms with Crippen molar-refractivity contribution < 1.29 is 15.0 Å². The Morgan fingerprint density at radius 3 is 1.97 bits per heavy atom. The third-order valence-corrected chi connectivity index (χ3v) is 4.79. The van der Waals surface area contributed by atoms with Crippen molar-refractivity contribution in [2.45, 2.75) is 19.8 Å². The van der Waals surface area contributed by atoms with E-state index >= 15 is 0 Å². The fraction of sp³-hybridized carbons (Fsp3) is 0.115. The highest BCUT2D eigenvalue weighted by atomic mass is 16.4. The van der Waals surface area contributed by atoms with E-state index in [1.807, 2.05) is 42.5 Å². The van der Waals surface area contributed by atoms with Gasteiger partial charge in [0.2, 0.25) is 0 Å². The molecule has 0 aliphatic carbocycles. The second-order valence-corrected chi connectivity index (χ2v) is 6.76. The molecule has 0 atom stereocenters. The summed E-state index contributed by atoms with van der Waals surface area (Å²) in [5.41, 5.74) is 6.71. The minimum absolute atomic E-state index is 0.242. The molecule has 0 amide bonds. The van der Waals surface area contributed by atoms with Crippen LogP contribution in [0, 0.1) is 0 Å². The van der Waals surface area contributed by atoms with Crippen molar-refractivity contribution in [1.82, 2.24) is 0 Å². The third kappa shape index (κ3) is 5.23. The lowest BCUT2D eigenvalue weighted by molar-refractivity contribution is -0.131. The van der Waals surface area contributed by atoms with Gasteiger partial charge in [0.05, 0.1) is 0 Å². The predicted molar refractivity (Wildman–Crippen MR) is 118 cm³/mol. The Hall–Kier alpha value is -3.59. The van der Waals surface area contributed by atoms with Gasteiger partial charge in [-0.15, -0.1) is 0 Å². The summed E-state index contributed by atoms with van der Waals surface area (Å²) in [5, 5.41) is 18.5. The highest BCUT2D eigenvalue weighted by Gasteiger charge is 2.13. The summed E-state index contributed by atoms with van der Waals surface area (Å²) in [7, 11) is 0. The Bertz CT molecular complexity index is 1010. The summed E-state index contributed by atoms with van der Waals surface area (Å²) in [5.74, 6) is -0.693. The molecule has 3 aromatic carbocycles. The average molecular weight is 384 g/mol. The van der Waals surface area contributed by atoms with Gasteiger partial charge in [-0.2, -0.15) is 0 Å². The van der Waals surface area contributed by atoms with Crippen LogP contribution >= 0.6 is 0 Å². The van der Waals surface area contributed by atoms with E-state index in [0.717, 1.165) is 28.7 Å². The fourth-order valence-electron chi connectivity index (χ4n) is 3.41. The van der Waals surface area contributed by atoms with Gasteiger partial charge in [-0.25, -0.2) is 4.79 Å². The second-order valence-electron chi connectivity index (χ2n) is 6.76. The maximum atomic E-state index is 10.6. The molecule has 3 aromatic rings. The van der Waals surface area contributed by atoms with Crippen LogP contribution in [0.5, 0.6) is 5.75 Å². The fourth-order valence-corrected chi connectivity index (χ4v) is 3.41. The Labute approximate surface area is 171 Å². The summed E-state index contributed by atoms with van der Waals surface area (Å²) < 4.78 is 0. The number of rotatable bonds is 7. The first-order valence-corrected chi connectivity index (χ1v) is 9.65. The van der Waals surface area contributed by atoms with Gasteiger partial charge in [-0.05, 0) is 58.4 Å². The summed E-state index contributed by atoms with van der Waals surface area (Å²) in [4.78, 5) is 10.6. The first-order valence-electron chi connectivity index (χ1n) is 9.65. The number of hydrogen-bond acceptors (Lipinski definition) is 2. The van der Waals surface area contributed by atoms with Crippen molar-refractivity contribution in [3.05, 3.63) is 113 Å². The lowest BCUT2D eigenvalue weighted by Gasteiger charge is -2.17. The van der Waals surface area contributed by atoms with Crippen LogP contribution < -0.4 is 0 Å². The Kier molecular flexibility index (Phi) is 6.64. The largest absolute Gasteiger partial charge is 0.508 e. The van der Waals surface area contributed by atoms with Crippen LogP contribution in [0.15, 0.2) is 91.0 Å². The monoisotopic (exact) mass is 384 g/mol. The molecular formula is C26H24O3. The molecule has 0 unspecified atom stereocenters. The van der Waals surface area contributed by atoms with Crippen LogP contribution in [-0.4, -0.2) is 16.2 Å². The van der Waals surface area contributed by atoms with Gasteiger partial charge in [0.25, 0.3) is 0 Å². The molecule has 146 valence electrons. The molecule has 0 bridgehead atoms. The number of carbonyl (C=O) groups is 1. The van der Waals surface area contributed by atoms with Gasteiger partial charge in [0.1, 0.15) is 5.75 Å². The van der Waals surface area contributed by atoms with E-state index in [-0.39, 0.29) is 5.75 Å². The molecule has 0 fully saturated rings. The molecule has 0 aromatic heterocycles. The number of hydrogen-bond donors (Lipinski definition) is 2. The SMILES string of the molecule is CC/C(=C(\c1ccc(O)cc1)c1ccc(C/C=C/C(=O)O)cc1)c1ccccc1. The molecule has 0 heterocycles. The molecule has 29 heavy (non-hydrogen) atoms. The lowest BCUT2D eigenvalue weighted by Crippen LogP contribution is -1.95. The van der Waals surface area contributed by atoms with E-state index in [1.165, 1.54) is 17.2 Å². The number of phenolic OH excluding ortho intramolecular Hbond substituents is 1. The van der Waals surface area contributed by atoms with Crippen LogP contribution in [-0.2, 0) is 11.2 Å². The molecule has 3 heteroatoms. The molecule has 0 spiro atoms. The average Bonchev–Trinajstić information content (AvgIpc) is 2.74. The van der Waals surface area contributed by atoms with E-state index < -0.39 is 5.97 Å². The number of benzene rings is 3. The smallest absolute Gasteiger partial charge is 0.327 e. The van der Waals surface area contributed by atoms with Crippen molar-refractivity contribution in [3.63, 3.8) is 0 Å².